The number of nitrogens with zero attached hydrogens (tertiary/aromatic N) is 3. The van der Waals surface area contributed by atoms with E-state index >= 15 is 0 Å². The number of carbonyl (C=O) groups excluding carboxylic acids is 1. The molecule has 0 spiro atoms. The maximum atomic E-state index is 12.9. The first-order valence-corrected chi connectivity index (χ1v) is 14.3. The number of nitrogens with one attached hydrogen (secondary N) is 1. The van der Waals surface area contributed by atoms with E-state index < -0.39 is 5.91 Å². The number of amidine groups is 2. The van der Waals surface area contributed by atoms with E-state index in [1.165, 1.54) is 16.8 Å². The van der Waals surface area contributed by atoms with Crippen LogP contribution in [0.15, 0.2) is 70.3 Å². The average molecular weight is 589 g/mol. The van der Waals surface area contributed by atoms with Gasteiger partial charge in [-0.2, -0.15) is 15.1 Å². The van der Waals surface area contributed by atoms with Gasteiger partial charge in [-0.1, -0.05) is 47.5 Å². The highest BCUT2D eigenvalue weighted by Gasteiger charge is 2.36. The molecular formula is C31H29ClN4O4S. The number of fused-ring (bicyclic) bond motifs is 1. The number of hydrazone groups is 1. The van der Waals surface area contributed by atoms with E-state index in [4.69, 9.17) is 31.2 Å². The fraction of sp³-hybridized carbons (Fsp3) is 0.226. The Bertz CT molecular complexity index is 1590. The van der Waals surface area contributed by atoms with Crippen molar-refractivity contribution in [2.24, 2.45) is 10.1 Å². The molecule has 0 aliphatic carbocycles. The van der Waals surface area contributed by atoms with E-state index in [1.54, 1.807) is 18.2 Å². The lowest BCUT2D eigenvalue weighted by molar-refractivity contribution is -0.114. The van der Waals surface area contributed by atoms with Crippen LogP contribution in [-0.4, -0.2) is 46.8 Å². The number of aliphatic imine (C=N–C) groups is 1. The molecule has 10 heteroatoms. The molecule has 0 saturated heterocycles. The summed E-state index contributed by atoms with van der Waals surface area (Å²) in [6, 6.07) is 17.3. The molecule has 41 heavy (non-hydrogen) atoms. The molecule has 0 bridgehead atoms. The second-order valence-corrected chi connectivity index (χ2v) is 10.9. The summed E-state index contributed by atoms with van der Waals surface area (Å²) in [7, 11) is 0. The number of aryl methyl sites for hydroxylation is 3. The molecule has 0 saturated carbocycles. The number of halogens is 1. The topological polar surface area (TPSA) is 96.6 Å². The zero-order valence-electron chi connectivity index (χ0n) is 23.2. The molecule has 2 aliphatic rings. The third kappa shape index (κ3) is 6.47. The van der Waals surface area contributed by atoms with E-state index in [0.717, 1.165) is 28.0 Å². The zero-order chi connectivity index (χ0) is 29.1. The molecule has 2 heterocycles. The highest BCUT2D eigenvalue weighted by atomic mass is 35.5. The van der Waals surface area contributed by atoms with Crippen LogP contribution in [0.1, 0.15) is 34.7 Å². The fourth-order valence-corrected chi connectivity index (χ4v) is 5.54. The highest BCUT2D eigenvalue weighted by molar-refractivity contribution is 8.27. The highest BCUT2D eigenvalue weighted by Crippen LogP contribution is 2.38. The quantitative estimate of drug-likeness (QED) is 0.218. The number of amides is 1. The van der Waals surface area contributed by atoms with E-state index in [0.29, 0.717) is 45.5 Å². The minimum Gasteiger partial charge on any atom is -0.490 e. The van der Waals surface area contributed by atoms with Gasteiger partial charge in [0.25, 0.3) is 5.91 Å². The molecule has 2 aliphatic heterocycles. The monoisotopic (exact) mass is 588 g/mol. The number of ether oxygens (including phenoxy) is 3. The van der Waals surface area contributed by atoms with Gasteiger partial charge in [0.05, 0.1) is 17.2 Å². The Morgan fingerprint density at radius 1 is 0.951 bits per heavy atom. The van der Waals surface area contributed by atoms with E-state index in [1.807, 2.05) is 64.1 Å². The Hall–Kier alpha value is -4.08. The lowest BCUT2D eigenvalue weighted by Gasteiger charge is -2.20. The minimum absolute atomic E-state index is 0.0624. The van der Waals surface area contributed by atoms with Crippen LogP contribution in [0.25, 0.3) is 6.08 Å². The molecule has 0 atom stereocenters. The molecule has 0 aromatic heterocycles. The molecule has 5 rings (SSSR count). The summed E-state index contributed by atoms with van der Waals surface area (Å²) < 4.78 is 17.6. The fourth-order valence-electron chi connectivity index (χ4n) is 4.37. The van der Waals surface area contributed by atoms with Crippen LogP contribution in [0, 0.1) is 26.2 Å². The second kappa shape index (κ2) is 12.2. The summed E-state index contributed by atoms with van der Waals surface area (Å²) in [5.41, 5.74) is 4.94. The standard InChI is InChI=1S/C31H29ClN4O4S/c1-5-38-26-17-21(16-25(32)27(26)40-11-10-39-23-13-19(3)12-20(4)14-23)15-24-28(33)36-31(34-29(24)37)41-30(35-36)22-8-6-18(2)7-9-22/h6-9,12-17,33H,5,10-11H2,1-4H3. The van der Waals surface area contributed by atoms with Crippen molar-refractivity contribution in [3.63, 3.8) is 0 Å². The molecule has 3 aromatic carbocycles. The molecule has 0 fully saturated rings. The smallest absolute Gasteiger partial charge is 0.283 e. The van der Waals surface area contributed by atoms with Crippen LogP contribution in [0.5, 0.6) is 17.2 Å². The maximum Gasteiger partial charge on any atom is 0.283 e. The Balaban J connectivity index is 1.33. The van der Waals surface area contributed by atoms with Crippen molar-refractivity contribution < 1.29 is 19.0 Å². The Morgan fingerprint density at radius 3 is 2.37 bits per heavy atom. The van der Waals surface area contributed by atoms with Crippen molar-refractivity contribution in [3.05, 3.63) is 93.0 Å². The first-order valence-electron chi connectivity index (χ1n) is 13.1. The zero-order valence-corrected chi connectivity index (χ0v) is 24.7. The largest absolute Gasteiger partial charge is 0.490 e. The second-order valence-electron chi connectivity index (χ2n) is 9.57. The van der Waals surface area contributed by atoms with E-state index in [-0.39, 0.29) is 18.0 Å². The summed E-state index contributed by atoms with van der Waals surface area (Å²) in [5, 5.41) is 16.0. The molecule has 210 valence electrons. The number of thioether (sulfide) groups is 1. The normalized spacial score (nSPS) is 15.5. The van der Waals surface area contributed by atoms with Crippen molar-refractivity contribution in [1.82, 2.24) is 5.01 Å². The van der Waals surface area contributed by atoms with Crippen LogP contribution < -0.4 is 14.2 Å². The maximum absolute atomic E-state index is 12.9. The van der Waals surface area contributed by atoms with Gasteiger partial charge in [0.15, 0.2) is 17.3 Å². The third-order valence-electron chi connectivity index (χ3n) is 6.19. The SMILES string of the molecule is CCOc1cc(C=C2C(=N)N3N=C(c4ccc(C)cc4)SC3=NC2=O)cc(Cl)c1OCCOc1cc(C)cc(C)c1. The minimum atomic E-state index is -0.521. The summed E-state index contributed by atoms with van der Waals surface area (Å²) in [6.45, 7) is 8.87. The van der Waals surface area contributed by atoms with Crippen LogP contribution in [-0.2, 0) is 4.79 Å². The van der Waals surface area contributed by atoms with Crippen molar-refractivity contribution >= 4 is 51.4 Å². The predicted molar refractivity (Wildman–Crippen MR) is 165 cm³/mol. The van der Waals surface area contributed by atoms with E-state index in [2.05, 4.69) is 16.2 Å². The Kier molecular flexibility index (Phi) is 8.46. The van der Waals surface area contributed by atoms with Crippen LogP contribution >= 0.6 is 23.4 Å². The van der Waals surface area contributed by atoms with Crippen LogP contribution in [0.3, 0.4) is 0 Å². The van der Waals surface area contributed by atoms with Gasteiger partial charge in [-0.25, -0.2) is 0 Å². The molecule has 1 N–H and O–H groups in total. The first-order chi connectivity index (χ1) is 19.7. The van der Waals surface area contributed by atoms with Gasteiger partial charge < -0.3 is 14.2 Å². The summed E-state index contributed by atoms with van der Waals surface area (Å²) in [6.07, 6.45) is 1.57. The van der Waals surface area contributed by atoms with Gasteiger partial charge in [-0.15, -0.1) is 0 Å². The van der Waals surface area contributed by atoms with Crippen LogP contribution in [0.2, 0.25) is 5.02 Å². The average Bonchev–Trinajstić information content (AvgIpc) is 3.34. The van der Waals surface area contributed by atoms with Gasteiger partial charge in [-0.3, -0.25) is 10.2 Å². The van der Waals surface area contributed by atoms with Crippen molar-refractivity contribution in [2.45, 2.75) is 27.7 Å². The van der Waals surface area contributed by atoms with Gasteiger partial charge in [0.1, 0.15) is 24.0 Å². The van der Waals surface area contributed by atoms with Crippen molar-refractivity contribution in [1.29, 1.82) is 5.41 Å². The number of carbonyl (C=O) groups is 1. The third-order valence-corrected chi connectivity index (χ3v) is 7.43. The number of hydrogen-bond acceptors (Lipinski definition) is 7. The van der Waals surface area contributed by atoms with Gasteiger partial charge in [0.2, 0.25) is 5.17 Å². The Morgan fingerprint density at radius 2 is 1.66 bits per heavy atom. The number of rotatable bonds is 9. The molecule has 1 amide bonds. The summed E-state index contributed by atoms with van der Waals surface area (Å²) in [4.78, 5) is 17.1. The molecule has 0 radical (unpaired) electrons. The van der Waals surface area contributed by atoms with Gasteiger partial charge in [-0.05, 0) is 86.5 Å². The molecular weight excluding hydrogens is 560 g/mol. The van der Waals surface area contributed by atoms with Gasteiger partial charge >= 0.3 is 0 Å². The molecule has 3 aromatic rings. The first kappa shape index (κ1) is 28.4. The van der Waals surface area contributed by atoms with Gasteiger partial charge in [0, 0.05) is 5.56 Å². The number of hydrogen-bond donors (Lipinski definition) is 1. The lowest BCUT2D eigenvalue weighted by atomic mass is 10.1. The summed E-state index contributed by atoms with van der Waals surface area (Å²) >= 11 is 7.87. The molecule has 8 nitrogen and oxygen atoms in total. The lowest BCUT2D eigenvalue weighted by Crippen LogP contribution is -2.35. The van der Waals surface area contributed by atoms with Crippen LogP contribution in [0.4, 0.5) is 0 Å². The van der Waals surface area contributed by atoms with Crippen molar-refractivity contribution in [3.8, 4) is 17.2 Å². The predicted octanol–water partition coefficient (Wildman–Crippen LogP) is 6.79. The summed E-state index contributed by atoms with van der Waals surface area (Å²) in [5.74, 6) is 1.00. The van der Waals surface area contributed by atoms with Crippen molar-refractivity contribution in [2.75, 3.05) is 19.8 Å². The van der Waals surface area contributed by atoms with E-state index in [9.17, 15) is 4.79 Å². The number of benzene rings is 3. The molecule has 0 unspecified atom stereocenters. The Labute approximate surface area is 248 Å².